The maximum atomic E-state index is 6.74. The monoisotopic (exact) mass is 392 g/mol. The van der Waals surface area contributed by atoms with Gasteiger partial charge < -0.3 is 9.47 Å². The predicted molar refractivity (Wildman–Crippen MR) is 118 cm³/mol. The van der Waals surface area contributed by atoms with E-state index in [1.54, 1.807) is 0 Å². The lowest BCUT2D eigenvalue weighted by Gasteiger charge is -2.40. The number of benzene rings is 1. The van der Waals surface area contributed by atoms with Crippen molar-refractivity contribution in [2.45, 2.75) is 89.4 Å². The molecule has 1 aromatic rings. The molecule has 0 amide bonds. The van der Waals surface area contributed by atoms with E-state index in [2.05, 4.69) is 83.5 Å². The molecule has 1 saturated heterocycles. The van der Waals surface area contributed by atoms with Gasteiger partial charge in [-0.1, -0.05) is 83.5 Å². The van der Waals surface area contributed by atoms with Crippen LogP contribution in [0.3, 0.4) is 0 Å². The van der Waals surface area contributed by atoms with Gasteiger partial charge in [0.05, 0.1) is 35.0 Å². The first-order valence-corrected chi connectivity index (χ1v) is 17.4. The number of hydrogen-bond donors (Lipinski definition) is 0. The van der Waals surface area contributed by atoms with Crippen molar-refractivity contribution in [1.29, 1.82) is 0 Å². The van der Waals surface area contributed by atoms with E-state index >= 15 is 0 Å². The molecule has 2 rings (SSSR count). The Morgan fingerprint density at radius 1 is 0.923 bits per heavy atom. The maximum absolute atomic E-state index is 6.74. The third-order valence-electron chi connectivity index (χ3n) is 5.79. The Balaban J connectivity index is 2.05. The van der Waals surface area contributed by atoms with Crippen LogP contribution in [0.15, 0.2) is 30.3 Å². The summed E-state index contributed by atoms with van der Waals surface area (Å²) in [6.07, 6.45) is 1.84. The lowest BCUT2D eigenvalue weighted by Crippen LogP contribution is -2.44. The summed E-state index contributed by atoms with van der Waals surface area (Å²) >= 11 is 0. The predicted octanol–water partition coefficient (Wildman–Crippen LogP) is 6.43. The van der Waals surface area contributed by atoms with E-state index in [0.29, 0.717) is 24.7 Å². The molecule has 0 spiro atoms. The van der Waals surface area contributed by atoms with Crippen LogP contribution in [0.5, 0.6) is 0 Å². The van der Waals surface area contributed by atoms with Gasteiger partial charge in [0, 0.05) is 6.61 Å². The molecule has 4 heteroatoms. The molecule has 1 fully saturated rings. The molecule has 0 saturated carbocycles. The quantitative estimate of drug-likeness (QED) is 0.374. The van der Waals surface area contributed by atoms with Crippen molar-refractivity contribution in [3.05, 3.63) is 35.9 Å². The van der Waals surface area contributed by atoms with Gasteiger partial charge in [0.1, 0.15) is 0 Å². The Labute approximate surface area is 163 Å². The zero-order valence-electron chi connectivity index (χ0n) is 18.2. The summed E-state index contributed by atoms with van der Waals surface area (Å²) in [5, 5.41) is 0. The molecular weight excluding hydrogens is 352 g/mol. The number of rotatable bonds is 8. The second-order valence-electron chi connectivity index (χ2n) is 10.5. The van der Waals surface area contributed by atoms with Crippen molar-refractivity contribution in [1.82, 2.24) is 0 Å². The Bertz CT molecular complexity index is 546. The first-order valence-electron chi connectivity index (χ1n) is 10.3. The molecule has 0 N–H and O–H groups in total. The summed E-state index contributed by atoms with van der Waals surface area (Å²) in [7, 11) is -2.61. The van der Waals surface area contributed by atoms with Gasteiger partial charge in [-0.15, -0.1) is 0 Å². The summed E-state index contributed by atoms with van der Waals surface area (Å²) in [5.41, 5.74) is 2.77. The molecule has 0 aliphatic carbocycles. The molecule has 1 heterocycles. The fraction of sp³-hybridized carbons (Fsp3) is 0.727. The van der Waals surface area contributed by atoms with E-state index in [1.165, 1.54) is 5.56 Å². The van der Waals surface area contributed by atoms with Gasteiger partial charge in [0.2, 0.25) is 0 Å². The highest BCUT2D eigenvalue weighted by atomic mass is 28.3. The van der Waals surface area contributed by atoms with E-state index in [-0.39, 0.29) is 0 Å². The van der Waals surface area contributed by atoms with Crippen LogP contribution < -0.4 is 0 Å². The first-order chi connectivity index (χ1) is 12.0. The van der Waals surface area contributed by atoms with E-state index in [0.717, 1.165) is 24.1 Å². The van der Waals surface area contributed by atoms with Gasteiger partial charge >= 0.3 is 0 Å². The van der Waals surface area contributed by atoms with Crippen molar-refractivity contribution in [3.63, 3.8) is 0 Å². The average Bonchev–Trinajstić information content (AvgIpc) is 2.93. The summed E-state index contributed by atoms with van der Waals surface area (Å²) in [5.74, 6) is 0.598. The second-order valence-corrected chi connectivity index (χ2v) is 21.3. The smallest absolute Gasteiger partial charge is 0.0716 e. The largest absolute Gasteiger partial charge is 0.377 e. The molecule has 1 aliphatic heterocycles. The van der Waals surface area contributed by atoms with Crippen LogP contribution in [-0.4, -0.2) is 35.0 Å². The summed E-state index contributed by atoms with van der Waals surface area (Å²) in [6.45, 7) is 21.4. The van der Waals surface area contributed by atoms with Gasteiger partial charge in [-0.2, -0.15) is 0 Å². The van der Waals surface area contributed by atoms with Gasteiger partial charge in [0.25, 0.3) is 0 Å². The summed E-state index contributed by atoms with van der Waals surface area (Å²) in [6, 6.07) is 10.5. The van der Waals surface area contributed by atoms with Crippen LogP contribution in [0.2, 0.25) is 50.4 Å². The Hall–Kier alpha value is -0.426. The van der Waals surface area contributed by atoms with Crippen LogP contribution >= 0.6 is 0 Å². The molecule has 4 atom stereocenters. The van der Waals surface area contributed by atoms with Crippen molar-refractivity contribution >= 4 is 16.1 Å². The van der Waals surface area contributed by atoms with Crippen molar-refractivity contribution in [2.75, 3.05) is 6.61 Å². The fourth-order valence-electron chi connectivity index (χ4n) is 4.72. The van der Waals surface area contributed by atoms with Crippen LogP contribution in [0.4, 0.5) is 0 Å². The highest BCUT2D eigenvalue weighted by molar-refractivity contribution is 6.83. The molecule has 2 nitrogen and oxygen atoms in total. The van der Waals surface area contributed by atoms with Gasteiger partial charge in [-0.25, -0.2) is 0 Å². The maximum Gasteiger partial charge on any atom is 0.0716 e. The zero-order valence-corrected chi connectivity index (χ0v) is 20.2. The molecular formula is C22H40O2Si2. The summed E-state index contributed by atoms with van der Waals surface area (Å²) in [4.78, 5) is 0. The number of hydrogen-bond acceptors (Lipinski definition) is 2. The topological polar surface area (TPSA) is 18.5 Å². The average molecular weight is 393 g/mol. The van der Waals surface area contributed by atoms with Crippen LogP contribution in [0.25, 0.3) is 0 Å². The molecule has 0 aromatic heterocycles. The molecule has 0 radical (unpaired) electrons. The van der Waals surface area contributed by atoms with Crippen molar-refractivity contribution < 1.29 is 9.47 Å². The number of ether oxygens (including phenoxy) is 2. The van der Waals surface area contributed by atoms with Crippen LogP contribution in [0, 0.1) is 5.92 Å². The molecule has 1 aromatic carbocycles. The van der Waals surface area contributed by atoms with E-state index in [4.69, 9.17) is 9.47 Å². The molecule has 0 bridgehead atoms. The standard InChI is InChI=1S/C22H40O2Si2/c1-17(2)20-22(26(6,7)8)21(25(3,4)5)19(24-20)14-15-23-16-18-12-10-9-11-13-18/h9-13,17,19-22H,14-16H2,1-8H3/t19-,20+,21+,22+/m1/s1. The molecule has 1 aliphatic rings. The van der Waals surface area contributed by atoms with Gasteiger partial charge in [-0.05, 0) is 29.0 Å². The van der Waals surface area contributed by atoms with Crippen molar-refractivity contribution in [2.24, 2.45) is 5.92 Å². The summed E-state index contributed by atoms with van der Waals surface area (Å²) < 4.78 is 12.7. The van der Waals surface area contributed by atoms with Crippen LogP contribution in [-0.2, 0) is 16.1 Å². The van der Waals surface area contributed by atoms with Crippen LogP contribution in [0.1, 0.15) is 25.8 Å². The molecule has 26 heavy (non-hydrogen) atoms. The van der Waals surface area contributed by atoms with Crippen molar-refractivity contribution in [3.8, 4) is 0 Å². The normalized spacial score (nSPS) is 27.3. The Morgan fingerprint density at radius 2 is 1.50 bits per heavy atom. The van der Waals surface area contributed by atoms with Gasteiger partial charge in [-0.3, -0.25) is 0 Å². The minimum atomic E-state index is -1.32. The third-order valence-corrected chi connectivity index (χ3v) is 11.5. The fourth-order valence-corrected chi connectivity index (χ4v) is 13.1. The lowest BCUT2D eigenvalue weighted by atomic mass is 10.0. The highest BCUT2D eigenvalue weighted by Crippen LogP contribution is 2.55. The molecule has 0 unspecified atom stereocenters. The zero-order chi connectivity index (χ0) is 19.5. The third kappa shape index (κ3) is 5.54. The van der Waals surface area contributed by atoms with E-state index in [1.807, 2.05) is 0 Å². The Kier molecular flexibility index (Phi) is 7.33. The minimum absolute atomic E-state index is 0.376. The Morgan fingerprint density at radius 3 is 2.00 bits per heavy atom. The first kappa shape index (κ1) is 21.9. The van der Waals surface area contributed by atoms with E-state index < -0.39 is 16.1 Å². The lowest BCUT2D eigenvalue weighted by molar-refractivity contribution is -0.00226. The SMILES string of the molecule is CC(C)[C@@H]1O[C@H](CCOCc2ccccc2)[C@H]([Si](C)(C)C)[C@H]1[Si](C)(C)C. The van der Waals surface area contributed by atoms with Gasteiger partial charge in [0.15, 0.2) is 0 Å². The van der Waals surface area contributed by atoms with E-state index in [9.17, 15) is 0 Å². The minimum Gasteiger partial charge on any atom is -0.377 e. The second kappa shape index (κ2) is 8.72. The highest BCUT2D eigenvalue weighted by Gasteiger charge is 2.54. The molecule has 148 valence electrons.